The zero-order chi connectivity index (χ0) is 28.4. The molecule has 0 aliphatic heterocycles. The normalized spacial score (nSPS) is 11.3. The van der Waals surface area contributed by atoms with Crippen LogP contribution in [0.4, 0.5) is 20.6 Å². The number of amides is 2. The summed E-state index contributed by atoms with van der Waals surface area (Å²) in [5.74, 6) is -0.439. The Morgan fingerprint density at radius 1 is 1.02 bits per heavy atom. The molecule has 0 radical (unpaired) electrons. The number of anilines is 2. The Kier molecular flexibility index (Phi) is 7.38. The number of aromatic nitrogens is 3. The topological polar surface area (TPSA) is 155 Å². The average Bonchev–Trinajstić information content (AvgIpc) is 3.36. The predicted octanol–water partition coefficient (Wildman–Crippen LogP) is 4.05. The lowest BCUT2D eigenvalue weighted by Gasteiger charge is -2.11. The molecule has 0 aliphatic rings. The number of H-pyrrole nitrogens is 1. The first-order valence-electron chi connectivity index (χ1n) is 11.4. The van der Waals surface area contributed by atoms with Crippen molar-refractivity contribution in [3.8, 4) is 5.69 Å². The lowest BCUT2D eigenvalue weighted by molar-refractivity contribution is 0.256. The summed E-state index contributed by atoms with van der Waals surface area (Å²) in [6.07, 6.45) is 1.11. The third-order valence-electron chi connectivity index (χ3n) is 5.58. The second-order valence-corrected chi connectivity index (χ2v) is 11.9. The molecule has 204 valence electrons. The van der Waals surface area contributed by atoms with Crippen LogP contribution in [0.5, 0.6) is 0 Å². The van der Waals surface area contributed by atoms with Crippen molar-refractivity contribution in [2.75, 3.05) is 10.6 Å². The summed E-state index contributed by atoms with van der Waals surface area (Å²) in [7, 11) is -4.10. The first-order chi connectivity index (χ1) is 19.1. The van der Waals surface area contributed by atoms with Gasteiger partial charge in [-0.05, 0) is 66.7 Å². The number of carbonyl (C=O) groups is 1. The first kappa shape index (κ1) is 27.1. The van der Waals surface area contributed by atoms with Crippen molar-refractivity contribution in [2.45, 2.75) is 10.8 Å². The number of nitrogens with one attached hydrogen (secondary N) is 4. The fraction of sp³-hybridized carbons (Fsp3) is 0.0400. The smallest absolute Gasteiger partial charge is 0.333 e. The second kappa shape index (κ2) is 10.9. The van der Waals surface area contributed by atoms with E-state index in [1.54, 1.807) is 24.3 Å². The van der Waals surface area contributed by atoms with Gasteiger partial charge in [-0.25, -0.2) is 31.7 Å². The molecular weight excluding hydrogens is 583 g/mol. The maximum Gasteiger partial charge on any atom is 0.333 e. The highest BCUT2D eigenvalue weighted by molar-refractivity contribution is 7.92. The van der Waals surface area contributed by atoms with E-state index in [9.17, 15) is 27.2 Å². The van der Waals surface area contributed by atoms with Crippen LogP contribution in [0.3, 0.4) is 0 Å². The third-order valence-corrected chi connectivity index (χ3v) is 8.64. The summed E-state index contributed by atoms with van der Waals surface area (Å²) in [5.41, 5.74) is 0.728. The van der Waals surface area contributed by atoms with Crippen molar-refractivity contribution in [3.05, 3.63) is 110 Å². The largest absolute Gasteiger partial charge is 0.379 e. The Morgan fingerprint density at radius 3 is 2.45 bits per heavy atom. The van der Waals surface area contributed by atoms with Crippen LogP contribution in [0.25, 0.3) is 16.6 Å². The van der Waals surface area contributed by atoms with Gasteiger partial charge in [0.05, 0.1) is 39.4 Å². The van der Waals surface area contributed by atoms with E-state index < -0.39 is 33.1 Å². The van der Waals surface area contributed by atoms with Crippen molar-refractivity contribution in [3.63, 3.8) is 0 Å². The zero-order valence-corrected chi connectivity index (χ0v) is 22.5. The molecule has 0 spiro atoms. The van der Waals surface area contributed by atoms with Crippen molar-refractivity contribution in [2.24, 2.45) is 0 Å². The van der Waals surface area contributed by atoms with Gasteiger partial charge < -0.3 is 15.6 Å². The van der Waals surface area contributed by atoms with Gasteiger partial charge in [0.1, 0.15) is 10.0 Å². The zero-order valence-electron chi connectivity index (χ0n) is 20.1. The average molecular weight is 601 g/mol. The van der Waals surface area contributed by atoms with Gasteiger partial charge in [-0.3, -0.25) is 9.78 Å². The molecule has 3 aromatic heterocycles. The van der Waals surface area contributed by atoms with Gasteiger partial charge in [0.15, 0.2) is 0 Å². The molecule has 5 aromatic rings. The van der Waals surface area contributed by atoms with Gasteiger partial charge in [-0.2, -0.15) is 0 Å². The summed E-state index contributed by atoms with van der Waals surface area (Å²) < 4.78 is 40.6. The molecule has 11 nitrogen and oxygen atoms in total. The monoisotopic (exact) mass is 600 g/mol. The number of pyridine rings is 1. The van der Waals surface area contributed by atoms with Gasteiger partial charge in [0.2, 0.25) is 0 Å². The van der Waals surface area contributed by atoms with Crippen LogP contribution >= 0.6 is 22.9 Å². The number of rotatable bonds is 7. The van der Waals surface area contributed by atoms with E-state index in [-0.39, 0.29) is 25.3 Å². The number of sulfonamides is 1. The number of aromatic amines is 1. The molecule has 5 rings (SSSR count). The number of benzene rings is 2. The number of halogens is 2. The number of hydrogen-bond acceptors (Lipinski definition) is 8. The summed E-state index contributed by atoms with van der Waals surface area (Å²) in [4.78, 5) is 44.8. The van der Waals surface area contributed by atoms with Crippen LogP contribution in [0.15, 0.2) is 86.7 Å². The Hall–Kier alpha value is -4.53. The molecule has 2 aromatic carbocycles. The summed E-state index contributed by atoms with van der Waals surface area (Å²) in [5, 5.41) is 5.74. The number of hydrogen-bond donors (Lipinski definition) is 4. The highest BCUT2D eigenvalue weighted by Gasteiger charge is 2.20. The van der Waals surface area contributed by atoms with Gasteiger partial charge in [-0.1, -0.05) is 11.6 Å². The van der Waals surface area contributed by atoms with E-state index in [1.807, 2.05) is 4.72 Å². The van der Waals surface area contributed by atoms with Crippen molar-refractivity contribution in [1.29, 1.82) is 0 Å². The molecule has 2 amide bonds. The number of thiophene rings is 1. The summed E-state index contributed by atoms with van der Waals surface area (Å²) in [6, 6.07) is 15.0. The van der Waals surface area contributed by atoms with Crippen molar-refractivity contribution in [1.82, 2.24) is 19.3 Å². The number of carbonyl (C=O) groups excluding carboxylic acids is 1. The molecule has 0 atom stereocenters. The second-order valence-electron chi connectivity index (χ2n) is 8.32. The molecule has 40 heavy (non-hydrogen) atoms. The highest BCUT2D eigenvalue weighted by Crippen LogP contribution is 2.25. The number of nitrogens with zero attached hydrogens (tertiary/aromatic N) is 2. The van der Waals surface area contributed by atoms with E-state index in [4.69, 9.17) is 11.6 Å². The molecule has 0 saturated carbocycles. The van der Waals surface area contributed by atoms with Crippen LogP contribution in [-0.4, -0.2) is 29.0 Å². The van der Waals surface area contributed by atoms with E-state index in [0.29, 0.717) is 23.4 Å². The molecule has 15 heteroatoms. The molecule has 0 bridgehead atoms. The highest BCUT2D eigenvalue weighted by atomic mass is 35.5. The molecule has 0 aliphatic carbocycles. The summed E-state index contributed by atoms with van der Waals surface area (Å²) in [6.45, 7) is 0.305. The van der Waals surface area contributed by atoms with Crippen molar-refractivity contribution < 1.29 is 17.6 Å². The molecule has 0 unspecified atom stereocenters. The van der Waals surface area contributed by atoms with Crippen LogP contribution in [-0.2, 0) is 16.6 Å². The molecule has 3 heterocycles. The van der Waals surface area contributed by atoms with E-state index in [0.717, 1.165) is 22.1 Å². The molecule has 0 saturated heterocycles. The quantitative estimate of drug-likeness (QED) is 0.220. The van der Waals surface area contributed by atoms with E-state index in [2.05, 4.69) is 20.6 Å². The predicted molar refractivity (Wildman–Crippen MR) is 150 cm³/mol. The lowest BCUT2D eigenvalue weighted by atomic mass is 10.2. The van der Waals surface area contributed by atoms with E-state index in [1.165, 1.54) is 42.5 Å². The number of urea groups is 1. The summed E-state index contributed by atoms with van der Waals surface area (Å²) >= 11 is 6.56. The maximum atomic E-state index is 13.2. The Morgan fingerprint density at radius 2 is 1.77 bits per heavy atom. The Bertz CT molecular complexity index is 1960. The Labute approximate surface area is 234 Å². The van der Waals surface area contributed by atoms with Crippen LogP contribution in [0, 0.1) is 5.82 Å². The standard InChI is InChI=1S/C25H18ClFN6O5S2/c26-21-9-10-22(39-21)40(37,38)32-24(35)30-15-3-6-18(7-4-15)33-23(34)19-8-5-16(11-20(19)31-25(33)36)29-13-17-2-1-14(27)12-28-17/h1-12,29H,13H2,(H,31,36)(H2,30,32,35). The molecular formula is C25H18ClFN6O5S2. The minimum absolute atomic E-state index is 0.120. The third kappa shape index (κ3) is 5.88. The van der Waals surface area contributed by atoms with Gasteiger partial charge in [0, 0.05) is 11.4 Å². The molecule has 0 fully saturated rings. The van der Waals surface area contributed by atoms with Gasteiger partial charge >= 0.3 is 11.7 Å². The van der Waals surface area contributed by atoms with Crippen molar-refractivity contribution >= 4 is 61.3 Å². The first-order valence-corrected chi connectivity index (χ1v) is 14.1. The van der Waals surface area contributed by atoms with Gasteiger partial charge in [0.25, 0.3) is 15.6 Å². The fourth-order valence-corrected chi connectivity index (χ4v) is 6.12. The minimum atomic E-state index is -4.10. The number of fused-ring (bicyclic) bond motifs is 1. The minimum Gasteiger partial charge on any atom is -0.379 e. The lowest BCUT2D eigenvalue weighted by Crippen LogP contribution is -2.34. The van der Waals surface area contributed by atoms with Gasteiger partial charge in [-0.15, -0.1) is 11.3 Å². The van der Waals surface area contributed by atoms with Crippen LogP contribution in [0.2, 0.25) is 4.34 Å². The molecule has 4 N–H and O–H groups in total. The van der Waals surface area contributed by atoms with E-state index >= 15 is 0 Å². The van der Waals surface area contributed by atoms with Crippen LogP contribution < -0.4 is 26.6 Å². The fourth-order valence-electron chi connectivity index (χ4n) is 3.73. The maximum absolute atomic E-state index is 13.2. The van der Waals surface area contributed by atoms with Crippen LogP contribution in [0.1, 0.15) is 5.69 Å². The SMILES string of the molecule is O=C(Nc1ccc(-n2c(=O)[nH]c3cc(NCc4ccc(F)cn4)ccc3c2=O)cc1)NS(=O)(=O)c1ccc(Cl)s1. The Balaban J connectivity index is 1.31.